The molecule has 2 aliphatic rings. The topological polar surface area (TPSA) is 66.5 Å². The van der Waals surface area contributed by atoms with Crippen LogP contribution in [-0.2, 0) is 0 Å². The second kappa shape index (κ2) is 11.2. The van der Waals surface area contributed by atoms with Crippen LogP contribution in [0.15, 0.2) is 23.8 Å². The summed E-state index contributed by atoms with van der Waals surface area (Å²) in [5.41, 5.74) is 7.14. The van der Waals surface area contributed by atoms with Gasteiger partial charge < -0.3 is 15.9 Å². The highest BCUT2D eigenvalue weighted by Gasteiger charge is 2.44. The Hall–Kier alpha value is -0.640. The second-order valence-corrected chi connectivity index (χ2v) is 8.16. The van der Waals surface area contributed by atoms with Gasteiger partial charge in [-0.25, -0.2) is 0 Å². The molecule has 2 aliphatic carbocycles. The molecule has 5 atom stereocenters. The summed E-state index contributed by atoms with van der Waals surface area (Å²) >= 11 is 0. The van der Waals surface area contributed by atoms with Crippen LogP contribution in [0, 0.1) is 17.8 Å². The molecule has 0 radical (unpaired) electrons. The van der Waals surface area contributed by atoms with E-state index in [1.54, 1.807) is 5.57 Å². The lowest BCUT2D eigenvalue weighted by Gasteiger charge is -2.17. The first-order chi connectivity index (χ1) is 12.2. The van der Waals surface area contributed by atoms with Gasteiger partial charge in [0.25, 0.3) is 0 Å². The minimum Gasteiger partial charge on any atom is -0.392 e. The predicted octanol–water partition coefficient (Wildman–Crippen LogP) is 4.34. The van der Waals surface area contributed by atoms with Gasteiger partial charge in [-0.3, -0.25) is 0 Å². The van der Waals surface area contributed by atoms with E-state index >= 15 is 0 Å². The Morgan fingerprint density at radius 3 is 2.76 bits per heavy atom. The number of aliphatic hydroxyl groups is 2. The fraction of sp³-hybridized carbons (Fsp3) is 0.818. The zero-order chi connectivity index (χ0) is 18.1. The van der Waals surface area contributed by atoms with Gasteiger partial charge in [0.05, 0.1) is 12.2 Å². The van der Waals surface area contributed by atoms with Crippen LogP contribution in [0.3, 0.4) is 0 Å². The van der Waals surface area contributed by atoms with Gasteiger partial charge in [-0.15, -0.1) is 0 Å². The zero-order valence-electron chi connectivity index (χ0n) is 16.1. The second-order valence-electron chi connectivity index (χ2n) is 8.16. The Morgan fingerprint density at radius 1 is 1.16 bits per heavy atom. The van der Waals surface area contributed by atoms with Gasteiger partial charge in [-0.2, -0.15) is 0 Å². The molecular weight excluding hydrogens is 310 g/mol. The Balaban J connectivity index is 1.80. The van der Waals surface area contributed by atoms with Crippen molar-refractivity contribution in [2.75, 3.05) is 6.54 Å². The van der Waals surface area contributed by atoms with E-state index < -0.39 is 0 Å². The highest BCUT2D eigenvalue weighted by Crippen LogP contribution is 2.50. The average Bonchev–Trinajstić information content (AvgIpc) is 3.09. The van der Waals surface area contributed by atoms with Crippen molar-refractivity contribution >= 4 is 0 Å². The lowest BCUT2D eigenvalue weighted by molar-refractivity contribution is 0.139. The molecule has 0 spiro atoms. The first kappa shape index (κ1) is 20.7. The lowest BCUT2D eigenvalue weighted by atomic mass is 9.90. The number of allylic oxidation sites excluding steroid dienone is 2. The summed E-state index contributed by atoms with van der Waals surface area (Å²) in [5, 5.41) is 20.5. The maximum Gasteiger partial charge on any atom is 0.0721 e. The predicted molar refractivity (Wildman–Crippen MR) is 105 cm³/mol. The van der Waals surface area contributed by atoms with Gasteiger partial charge in [0, 0.05) is 5.92 Å². The first-order valence-corrected chi connectivity index (χ1v) is 10.6. The molecule has 0 unspecified atom stereocenters. The standard InChI is InChI=1S/C22H39NO2/c1-2-3-6-10-19(24)11-12-20-21-15-17(9-7-4-5-8-13-23)14-18(21)16-22(20)25/h9,11-12,18-22,24-25H,2-8,10,13-16,23H2,1H3/b12-11+,17-9+/t18-,19-,20+,21-,22+/m0/s1. The molecule has 2 fully saturated rings. The minimum absolute atomic E-state index is 0.222. The van der Waals surface area contributed by atoms with E-state index in [4.69, 9.17) is 5.73 Å². The molecule has 25 heavy (non-hydrogen) atoms. The van der Waals surface area contributed by atoms with E-state index in [1.165, 1.54) is 38.5 Å². The Bertz CT molecular complexity index is 432. The fourth-order valence-corrected chi connectivity index (χ4v) is 4.67. The van der Waals surface area contributed by atoms with Crippen molar-refractivity contribution in [2.24, 2.45) is 23.5 Å². The molecule has 0 heterocycles. The SMILES string of the molecule is CCCCC[C@H](O)/C=C/[C@@H]1[C@H]2C/C(=C/CCCCCN)C[C@H]2C[C@H]1O. The highest BCUT2D eigenvalue weighted by atomic mass is 16.3. The van der Waals surface area contributed by atoms with Gasteiger partial charge in [0.15, 0.2) is 0 Å². The molecule has 0 aromatic rings. The molecule has 0 aliphatic heterocycles. The molecule has 3 nitrogen and oxygen atoms in total. The van der Waals surface area contributed by atoms with Crippen molar-refractivity contribution in [3.8, 4) is 0 Å². The van der Waals surface area contributed by atoms with Crippen LogP contribution in [0.2, 0.25) is 0 Å². The summed E-state index contributed by atoms with van der Waals surface area (Å²) in [7, 11) is 0. The summed E-state index contributed by atoms with van der Waals surface area (Å²) in [4.78, 5) is 0. The van der Waals surface area contributed by atoms with Crippen LogP contribution >= 0.6 is 0 Å². The molecule has 0 aromatic heterocycles. The Kier molecular flexibility index (Phi) is 9.22. The quantitative estimate of drug-likeness (QED) is 0.384. The summed E-state index contributed by atoms with van der Waals surface area (Å²) in [6, 6.07) is 0. The number of unbranched alkanes of at least 4 members (excludes halogenated alkanes) is 5. The van der Waals surface area contributed by atoms with E-state index in [2.05, 4.69) is 19.1 Å². The third-order valence-electron chi connectivity index (χ3n) is 6.11. The zero-order valence-corrected chi connectivity index (χ0v) is 16.1. The third kappa shape index (κ3) is 6.54. The molecule has 0 amide bonds. The molecular formula is C22H39NO2. The monoisotopic (exact) mass is 349 g/mol. The van der Waals surface area contributed by atoms with Gasteiger partial charge >= 0.3 is 0 Å². The normalized spacial score (nSPS) is 31.9. The molecule has 2 rings (SSSR count). The number of rotatable bonds is 11. The smallest absolute Gasteiger partial charge is 0.0721 e. The molecule has 2 saturated carbocycles. The summed E-state index contributed by atoms with van der Waals surface area (Å²) in [6.07, 6.45) is 18.2. The number of fused-ring (bicyclic) bond motifs is 1. The third-order valence-corrected chi connectivity index (χ3v) is 6.11. The van der Waals surface area contributed by atoms with Crippen LogP contribution in [-0.4, -0.2) is 29.0 Å². The maximum atomic E-state index is 10.4. The summed E-state index contributed by atoms with van der Waals surface area (Å²) < 4.78 is 0. The van der Waals surface area contributed by atoms with E-state index in [9.17, 15) is 10.2 Å². The molecule has 144 valence electrons. The van der Waals surface area contributed by atoms with Gasteiger partial charge in [-0.05, 0) is 63.3 Å². The molecule has 0 aromatic carbocycles. The van der Waals surface area contributed by atoms with Crippen molar-refractivity contribution in [3.63, 3.8) is 0 Å². The molecule has 3 heteroatoms. The van der Waals surface area contributed by atoms with E-state index in [0.29, 0.717) is 11.8 Å². The van der Waals surface area contributed by atoms with Gasteiger partial charge in [0.1, 0.15) is 0 Å². The molecule has 0 saturated heterocycles. The van der Waals surface area contributed by atoms with Crippen LogP contribution in [0.4, 0.5) is 0 Å². The van der Waals surface area contributed by atoms with Crippen molar-refractivity contribution in [3.05, 3.63) is 23.8 Å². The minimum atomic E-state index is -0.350. The van der Waals surface area contributed by atoms with Crippen molar-refractivity contribution in [1.29, 1.82) is 0 Å². The lowest BCUT2D eigenvalue weighted by Crippen LogP contribution is -2.17. The number of hydrogen-bond acceptors (Lipinski definition) is 3. The van der Waals surface area contributed by atoms with Crippen LogP contribution in [0.25, 0.3) is 0 Å². The first-order valence-electron chi connectivity index (χ1n) is 10.6. The van der Waals surface area contributed by atoms with Crippen LogP contribution < -0.4 is 5.73 Å². The molecule has 0 bridgehead atoms. The van der Waals surface area contributed by atoms with Crippen molar-refractivity contribution in [1.82, 2.24) is 0 Å². The number of aliphatic hydroxyl groups excluding tert-OH is 2. The van der Waals surface area contributed by atoms with E-state index in [-0.39, 0.29) is 18.1 Å². The summed E-state index contributed by atoms with van der Waals surface area (Å²) in [5.74, 6) is 1.44. The van der Waals surface area contributed by atoms with Crippen molar-refractivity contribution < 1.29 is 10.2 Å². The highest BCUT2D eigenvalue weighted by molar-refractivity contribution is 5.17. The summed E-state index contributed by atoms with van der Waals surface area (Å²) in [6.45, 7) is 2.98. The molecule has 4 N–H and O–H groups in total. The van der Waals surface area contributed by atoms with Crippen LogP contribution in [0.5, 0.6) is 0 Å². The van der Waals surface area contributed by atoms with Gasteiger partial charge in [0.2, 0.25) is 0 Å². The van der Waals surface area contributed by atoms with E-state index in [0.717, 1.165) is 38.6 Å². The van der Waals surface area contributed by atoms with E-state index in [1.807, 2.05) is 6.08 Å². The average molecular weight is 350 g/mol. The van der Waals surface area contributed by atoms with Crippen molar-refractivity contribution in [2.45, 2.75) is 89.8 Å². The number of hydrogen-bond donors (Lipinski definition) is 3. The number of nitrogens with two attached hydrogens (primary N) is 1. The Morgan fingerprint density at radius 2 is 2.00 bits per heavy atom. The fourth-order valence-electron chi connectivity index (χ4n) is 4.67. The maximum absolute atomic E-state index is 10.4. The Labute approximate surface area is 154 Å². The largest absolute Gasteiger partial charge is 0.392 e. The van der Waals surface area contributed by atoms with Gasteiger partial charge in [-0.1, -0.05) is 56.4 Å². The van der Waals surface area contributed by atoms with Crippen LogP contribution in [0.1, 0.15) is 77.6 Å².